The molecule has 2 aliphatic carbocycles. The molecule has 5 heteroatoms. The SMILES string of the molecule is C=C(C)C(=O)OCC(CCC1CCC(C2CCC(CCCCC)CC2)CC1)COC(=O)C(=C)CO. The zero-order chi connectivity index (χ0) is 25.6. The summed E-state index contributed by atoms with van der Waals surface area (Å²) in [5, 5.41) is 9.07. The number of carbonyl (C=O) groups excluding carboxylic acids is 2. The van der Waals surface area contributed by atoms with Crippen LogP contribution in [0.2, 0.25) is 0 Å². The second kappa shape index (κ2) is 16.2. The van der Waals surface area contributed by atoms with E-state index in [0.717, 1.165) is 30.6 Å². The van der Waals surface area contributed by atoms with Gasteiger partial charge < -0.3 is 14.6 Å². The van der Waals surface area contributed by atoms with Crippen molar-refractivity contribution in [3.63, 3.8) is 0 Å². The van der Waals surface area contributed by atoms with E-state index < -0.39 is 18.5 Å². The van der Waals surface area contributed by atoms with E-state index >= 15 is 0 Å². The Morgan fingerprint density at radius 3 is 1.83 bits per heavy atom. The molecule has 2 fully saturated rings. The summed E-state index contributed by atoms with van der Waals surface area (Å²) in [5.74, 6) is 2.44. The van der Waals surface area contributed by atoms with Crippen LogP contribution in [0.15, 0.2) is 24.3 Å². The van der Waals surface area contributed by atoms with Crippen LogP contribution < -0.4 is 0 Å². The smallest absolute Gasteiger partial charge is 0.335 e. The lowest BCUT2D eigenvalue weighted by atomic mass is 9.68. The highest BCUT2D eigenvalue weighted by Gasteiger charge is 2.31. The van der Waals surface area contributed by atoms with Gasteiger partial charge >= 0.3 is 11.9 Å². The third-order valence-electron chi connectivity index (χ3n) is 8.38. The van der Waals surface area contributed by atoms with Crippen molar-refractivity contribution in [1.82, 2.24) is 0 Å². The highest BCUT2D eigenvalue weighted by atomic mass is 16.5. The Kier molecular flexibility index (Phi) is 13.7. The van der Waals surface area contributed by atoms with Crippen LogP contribution in [0.3, 0.4) is 0 Å². The minimum absolute atomic E-state index is 0.0380. The highest BCUT2D eigenvalue weighted by molar-refractivity contribution is 5.88. The summed E-state index contributed by atoms with van der Waals surface area (Å²) in [6.07, 6.45) is 18.5. The lowest BCUT2D eigenvalue weighted by molar-refractivity contribution is -0.144. The van der Waals surface area contributed by atoms with E-state index in [1.165, 1.54) is 77.0 Å². The Morgan fingerprint density at radius 1 is 0.829 bits per heavy atom. The van der Waals surface area contributed by atoms with E-state index in [1.54, 1.807) is 6.92 Å². The monoisotopic (exact) mass is 490 g/mol. The Morgan fingerprint density at radius 2 is 1.34 bits per heavy atom. The second-order valence-electron chi connectivity index (χ2n) is 11.2. The molecule has 200 valence electrons. The van der Waals surface area contributed by atoms with Crippen molar-refractivity contribution >= 4 is 11.9 Å². The van der Waals surface area contributed by atoms with E-state index in [1.807, 2.05) is 0 Å². The molecule has 0 aromatic carbocycles. The van der Waals surface area contributed by atoms with Crippen molar-refractivity contribution in [1.29, 1.82) is 0 Å². The third-order valence-corrected chi connectivity index (χ3v) is 8.38. The average molecular weight is 491 g/mol. The van der Waals surface area contributed by atoms with Gasteiger partial charge in [0.1, 0.15) is 0 Å². The molecule has 0 aromatic heterocycles. The molecule has 1 unspecified atom stereocenters. The Balaban J connectivity index is 1.73. The minimum atomic E-state index is -0.593. The fourth-order valence-electron chi connectivity index (χ4n) is 5.94. The van der Waals surface area contributed by atoms with E-state index in [2.05, 4.69) is 20.1 Å². The van der Waals surface area contributed by atoms with Crippen LogP contribution in [0.25, 0.3) is 0 Å². The van der Waals surface area contributed by atoms with Gasteiger partial charge in [-0.05, 0) is 69.1 Å². The minimum Gasteiger partial charge on any atom is -0.462 e. The maximum Gasteiger partial charge on any atom is 0.335 e. The van der Waals surface area contributed by atoms with Crippen LogP contribution in [0.4, 0.5) is 0 Å². The zero-order valence-corrected chi connectivity index (χ0v) is 22.4. The molecule has 0 aliphatic heterocycles. The predicted octanol–water partition coefficient (Wildman–Crippen LogP) is 6.79. The molecule has 2 saturated carbocycles. The summed E-state index contributed by atoms with van der Waals surface area (Å²) in [5.41, 5.74) is 0.402. The van der Waals surface area contributed by atoms with Gasteiger partial charge in [-0.3, -0.25) is 0 Å². The summed E-state index contributed by atoms with van der Waals surface area (Å²) in [4.78, 5) is 23.7. The lowest BCUT2D eigenvalue weighted by Crippen LogP contribution is -2.27. The zero-order valence-electron chi connectivity index (χ0n) is 22.4. The van der Waals surface area contributed by atoms with Crippen LogP contribution >= 0.6 is 0 Å². The number of ether oxygens (including phenoxy) is 2. The molecular weight excluding hydrogens is 440 g/mol. The second-order valence-corrected chi connectivity index (χ2v) is 11.2. The number of hydrogen-bond acceptors (Lipinski definition) is 5. The number of carbonyl (C=O) groups is 2. The first-order valence-electron chi connectivity index (χ1n) is 14.1. The summed E-state index contributed by atoms with van der Waals surface area (Å²) in [6.45, 7) is 11.0. The van der Waals surface area contributed by atoms with Gasteiger partial charge in [-0.25, -0.2) is 9.59 Å². The molecule has 0 bridgehead atoms. The number of aliphatic hydroxyl groups is 1. The molecular formula is C30H50O5. The summed E-state index contributed by atoms with van der Waals surface area (Å²) >= 11 is 0. The maximum absolute atomic E-state index is 11.9. The van der Waals surface area contributed by atoms with Gasteiger partial charge in [-0.15, -0.1) is 0 Å². The Labute approximate surface area is 213 Å². The van der Waals surface area contributed by atoms with E-state index in [9.17, 15) is 9.59 Å². The molecule has 5 nitrogen and oxygen atoms in total. The normalized spacial score (nSPS) is 25.5. The number of unbranched alkanes of at least 4 members (excludes halogenated alkanes) is 2. The van der Waals surface area contributed by atoms with Gasteiger partial charge in [0.2, 0.25) is 0 Å². The number of esters is 2. The molecule has 1 atom stereocenters. The van der Waals surface area contributed by atoms with Crippen LogP contribution in [0.1, 0.15) is 104 Å². The predicted molar refractivity (Wildman–Crippen MR) is 141 cm³/mol. The van der Waals surface area contributed by atoms with Gasteiger partial charge in [0.05, 0.1) is 25.4 Å². The van der Waals surface area contributed by atoms with Gasteiger partial charge in [0, 0.05) is 11.5 Å². The maximum atomic E-state index is 11.9. The van der Waals surface area contributed by atoms with Gasteiger partial charge in [-0.2, -0.15) is 0 Å². The number of rotatable bonds is 15. The average Bonchev–Trinajstić information content (AvgIpc) is 2.88. The molecule has 2 rings (SSSR count). The number of hydrogen-bond donors (Lipinski definition) is 1. The molecule has 2 aliphatic rings. The molecule has 1 N–H and O–H groups in total. The molecule has 0 spiro atoms. The topological polar surface area (TPSA) is 72.8 Å². The number of aliphatic hydroxyl groups excluding tert-OH is 1. The van der Waals surface area contributed by atoms with Crippen LogP contribution in [0.5, 0.6) is 0 Å². The molecule has 35 heavy (non-hydrogen) atoms. The first-order chi connectivity index (χ1) is 16.8. The van der Waals surface area contributed by atoms with Crippen molar-refractivity contribution in [3.8, 4) is 0 Å². The van der Waals surface area contributed by atoms with Crippen molar-refractivity contribution in [2.24, 2.45) is 29.6 Å². The summed E-state index contributed by atoms with van der Waals surface area (Å²) < 4.78 is 10.7. The largest absolute Gasteiger partial charge is 0.462 e. The van der Waals surface area contributed by atoms with E-state index in [-0.39, 0.29) is 24.7 Å². The first-order valence-corrected chi connectivity index (χ1v) is 14.1. The van der Waals surface area contributed by atoms with Crippen molar-refractivity contribution in [2.45, 2.75) is 104 Å². The lowest BCUT2D eigenvalue weighted by Gasteiger charge is -2.38. The molecule has 0 saturated heterocycles. The van der Waals surface area contributed by atoms with E-state index in [4.69, 9.17) is 14.6 Å². The first kappa shape index (κ1) is 29.6. The highest BCUT2D eigenvalue weighted by Crippen LogP contribution is 2.43. The summed E-state index contributed by atoms with van der Waals surface area (Å²) in [6, 6.07) is 0. The standard InChI is InChI=1S/C30H50O5/c1-5-6-7-8-24-11-15-27(16-12-24)28-17-13-25(14-18-28)9-10-26(20-34-29(32)22(2)3)21-35-30(33)23(4)19-31/h24-28,31H,2,4-21H2,1,3H3. The van der Waals surface area contributed by atoms with Gasteiger partial charge in [0.15, 0.2) is 0 Å². The Bertz CT molecular complexity index is 668. The van der Waals surface area contributed by atoms with Crippen molar-refractivity contribution in [3.05, 3.63) is 24.3 Å². The molecule has 0 heterocycles. The fraction of sp³-hybridized carbons (Fsp3) is 0.800. The van der Waals surface area contributed by atoms with Crippen molar-refractivity contribution in [2.75, 3.05) is 19.8 Å². The van der Waals surface area contributed by atoms with E-state index in [0.29, 0.717) is 11.5 Å². The fourth-order valence-corrected chi connectivity index (χ4v) is 5.94. The quantitative estimate of drug-likeness (QED) is 0.155. The van der Waals surface area contributed by atoms with Crippen LogP contribution in [-0.4, -0.2) is 36.9 Å². The van der Waals surface area contributed by atoms with Crippen LogP contribution in [-0.2, 0) is 19.1 Å². The van der Waals surface area contributed by atoms with Gasteiger partial charge in [-0.1, -0.05) is 71.4 Å². The van der Waals surface area contributed by atoms with Gasteiger partial charge in [0.25, 0.3) is 0 Å². The molecule has 0 amide bonds. The van der Waals surface area contributed by atoms with Crippen molar-refractivity contribution < 1.29 is 24.2 Å². The molecule has 0 radical (unpaired) electrons. The summed E-state index contributed by atoms with van der Waals surface area (Å²) in [7, 11) is 0. The Hall–Kier alpha value is -1.62. The van der Waals surface area contributed by atoms with Crippen LogP contribution in [0, 0.1) is 29.6 Å². The third kappa shape index (κ3) is 10.9. The molecule has 0 aromatic rings.